The van der Waals surface area contributed by atoms with Crippen LogP contribution in [-0.2, 0) is 14.3 Å². The van der Waals surface area contributed by atoms with Gasteiger partial charge < -0.3 is 19.9 Å². The summed E-state index contributed by atoms with van der Waals surface area (Å²) in [5.41, 5.74) is 0. The van der Waals surface area contributed by atoms with Crippen LogP contribution in [0.15, 0.2) is 0 Å². The summed E-state index contributed by atoms with van der Waals surface area (Å²) in [5.74, 6) is 0.342. The van der Waals surface area contributed by atoms with E-state index in [2.05, 4.69) is 5.32 Å². The van der Waals surface area contributed by atoms with Crippen LogP contribution in [0.4, 0.5) is 4.79 Å². The molecule has 0 unspecified atom stereocenters. The molecular formula is C17H31N3O4. The number of amides is 3. The number of rotatable bonds is 7. The van der Waals surface area contributed by atoms with E-state index in [0.717, 1.165) is 12.8 Å². The summed E-state index contributed by atoms with van der Waals surface area (Å²) in [5, 5.41) is 2.86. The summed E-state index contributed by atoms with van der Waals surface area (Å²) in [6.07, 6.45) is 1.68. The highest BCUT2D eigenvalue weighted by molar-refractivity contribution is 5.76. The molecule has 0 radical (unpaired) electrons. The van der Waals surface area contributed by atoms with Gasteiger partial charge in [-0.3, -0.25) is 9.59 Å². The molecule has 24 heavy (non-hydrogen) atoms. The Morgan fingerprint density at radius 1 is 1.25 bits per heavy atom. The van der Waals surface area contributed by atoms with E-state index in [1.54, 1.807) is 23.6 Å². The second-order valence-electron chi connectivity index (χ2n) is 6.58. The van der Waals surface area contributed by atoms with Crippen LogP contribution < -0.4 is 5.32 Å². The molecule has 1 N–H and O–H groups in total. The first-order valence-electron chi connectivity index (χ1n) is 8.80. The number of hydrogen-bond donors (Lipinski definition) is 1. The van der Waals surface area contributed by atoms with Crippen LogP contribution in [0.1, 0.15) is 47.0 Å². The Labute approximate surface area is 144 Å². The van der Waals surface area contributed by atoms with Gasteiger partial charge in [0.15, 0.2) is 0 Å². The zero-order valence-electron chi connectivity index (χ0n) is 15.3. The third kappa shape index (κ3) is 6.76. The molecule has 1 aliphatic heterocycles. The van der Waals surface area contributed by atoms with Crippen molar-refractivity contribution in [2.75, 3.05) is 32.8 Å². The minimum atomic E-state index is -0.286. The fraction of sp³-hybridized carbons (Fsp3) is 0.824. The van der Waals surface area contributed by atoms with Gasteiger partial charge in [0, 0.05) is 45.6 Å². The molecule has 1 saturated heterocycles. The van der Waals surface area contributed by atoms with Crippen molar-refractivity contribution < 1.29 is 19.1 Å². The molecule has 1 heterocycles. The molecule has 1 fully saturated rings. The van der Waals surface area contributed by atoms with Gasteiger partial charge in [-0.2, -0.15) is 0 Å². The van der Waals surface area contributed by atoms with Crippen molar-refractivity contribution in [3.8, 4) is 0 Å². The number of ether oxygens (including phenoxy) is 1. The minimum absolute atomic E-state index is 0.00249. The molecule has 1 aliphatic rings. The van der Waals surface area contributed by atoms with Crippen molar-refractivity contribution in [3.63, 3.8) is 0 Å². The van der Waals surface area contributed by atoms with Gasteiger partial charge in [0.1, 0.15) is 0 Å². The molecular weight excluding hydrogens is 310 g/mol. The highest BCUT2D eigenvalue weighted by atomic mass is 16.6. The van der Waals surface area contributed by atoms with Crippen molar-refractivity contribution in [3.05, 3.63) is 0 Å². The normalized spacial score (nSPS) is 15.3. The lowest BCUT2D eigenvalue weighted by Gasteiger charge is -2.37. The van der Waals surface area contributed by atoms with E-state index < -0.39 is 0 Å². The fourth-order valence-electron chi connectivity index (χ4n) is 2.93. The predicted molar refractivity (Wildman–Crippen MR) is 91.5 cm³/mol. The molecule has 0 aromatic rings. The molecule has 0 saturated carbocycles. The molecule has 0 atom stereocenters. The van der Waals surface area contributed by atoms with Crippen molar-refractivity contribution in [1.82, 2.24) is 15.1 Å². The summed E-state index contributed by atoms with van der Waals surface area (Å²) in [7, 11) is 0. The maximum Gasteiger partial charge on any atom is 0.409 e. The Morgan fingerprint density at radius 3 is 2.38 bits per heavy atom. The van der Waals surface area contributed by atoms with Gasteiger partial charge in [0.05, 0.1) is 6.61 Å². The van der Waals surface area contributed by atoms with E-state index in [-0.39, 0.29) is 23.9 Å². The second kappa shape index (κ2) is 10.2. The van der Waals surface area contributed by atoms with Gasteiger partial charge in [-0.15, -0.1) is 0 Å². The monoisotopic (exact) mass is 341 g/mol. The molecule has 0 aromatic heterocycles. The number of carbonyl (C=O) groups is 3. The van der Waals surface area contributed by atoms with Gasteiger partial charge in [-0.1, -0.05) is 13.8 Å². The average Bonchev–Trinajstić information content (AvgIpc) is 2.51. The summed E-state index contributed by atoms with van der Waals surface area (Å²) < 4.78 is 5.01. The molecule has 0 aliphatic carbocycles. The second-order valence-corrected chi connectivity index (χ2v) is 6.58. The summed E-state index contributed by atoms with van der Waals surface area (Å²) in [6, 6.07) is 0.107. The van der Waals surface area contributed by atoms with Crippen LogP contribution in [0.25, 0.3) is 0 Å². The summed E-state index contributed by atoms with van der Waals surface area (Å²) >= 11 is 0. The van der Waals surface area contributed by atoms with Gasteiger partial charge in [0.2, 0.25) is 11.8 Å². The van der Waals surface area contributed by atoms with Crippen molar-refractivity contribution in [2.45, 2.75) is 53.0 Å². The molecule has 138 valence electrons. The molecule has 1 rings (SSSR count). The quantitative estimate of drug-likeness (QED) is 0.763. The zero-order chi connectivity index (χ0) is 18.1. The number of nitrogens with one attached hydrogen (secondary N) is 1. The van der Waals surface area contributed by atoms with Gasteiger partial charge >= 0.3 is 6.09 Å². The van der Waals surface area contributed by atoms with Gasteiger partial charge in [-0.05, 0) is 25.7 Å². The molecule has 0 spiro atoms. The third-order valence-electron chi connectivity index (χ3n) is 4.10. The Kier molecular flexibility index (Phi) is 8.57. The first-order chi connectivity index (χ1) is 11.3. The first-order valence-corrected chi connectivity index (χ1v) is 8.80. The molecule has 0 aromatic carbocycles. The van der Waals surface area contributed by atoms with Crippen LogP contribution in [0, 0.1) is 5.92 Å². The van der Waals surface area contributed by atoms with Crippen molar-refractivity contribution in [2.24, 2.45) is 5.92 Å². The third-order valence-corrected chi connectivity index (χ3v) is 4.10. The van der Waals surface area contributed by atoms with Crippen LogP contribution in [-0.4, -0.2) is 66.5 Å². The summed E-state index contributed by atoms with van der Waals surface area (Å²) in [4.78, 5) is 38.8. The molecule has 7 heteroatoms. The first kappa shape index (κ1) is 20.3. The van der Waals surface area contributed by atoms with Gasteiger partial charge in [-0.25, -0.2) is 4.79 Å². The predicted octanol–water partition coefficient (Wildman–Crippen LogP) is 1.62. The smallest absolute Gasteiger partial charge is 0.409 e. The van der Waals surface area contributed by atoms with E-state index in [1.807, 2.05) is 13.8 Å². The lowest BCUT2D eigenvalue weighted by molar-refractivity contribution is -0.132. The maximum atomic E-state index is 11.9. The maximum absolute atomic E-state index is 11.9. The zero-order valence-corrected chi connectivity index (χ0v) is 15.3. The van der Waals surface area contributed by atoms with E-state index in [0.29, 0.717) is 45.1 Å². The topological polar surface area (TPSA) is 79.0 Å². The van der Waals surface area contributed by atoms with E-state index in [1.165, 1.54) is 0 Å². The summed E-state index contributed by atoms with van der Waals surface area (Å²) in [6.45, 7) is 9.85. The van der Waals surface area contributed by atoms with Crippen molar-refractivity contribution >= 4 is 17.9 Å². The lowest BCUT2D eigenvalue weighted by Crippen LogP contribution is -2.50. The average molecular weight is 341 g/mol. The van der Waals surface area contributed by atoms with Crippen molar-refractivity contribution in [1.29, 1.82) is 0 Å². The number of piperidine rings is 1. The van der Waals surface area contributed by atoms with E-state index in [9.17, 15) is 14.4 Å². The number of nitrogens with zero attached hydrogens (tertiary/aromatic N) is 2. The standard InChI is InChI=1S/C17H31N3O4/c1-5-24-17(23)19-9-6-15(7-10-19)20(14(4)21)11-8-18-16(22)12-13(2)3/h13,15H,5-12H2,1-4H3,(H,18,22). The Morgan fingerprint density at radius 2 is 1.88 bits per heavy atom. The highest BCUT2D eigenvalue weighted by Gasteiger charge is 2.28. The van der Waals surface area contributed by atoms with E-state index in [4.69, 9.17) is 4.74 Å². The number of hydrogen-bond acceptors (Lipinski definition) is 4. The minimum Gasteiger partial charge on any atom is -0.450 e. The number of carbonyl (C=O) groups excluding carboxylic acids is 3. The lowest BCUT2D eigenvalue weighted by atomic mass is 10.0. The highest BCUT2D eigenvalue weighted by Crippen LogP contribution is 2.17. The van der Waals surface area contributed by atoms with E-state index >= 15 is 0 Å². The van der Waals surface area contributed by atoms with Crippen LogP contribution in [0.3, 0.4) is 0 Å². The Balaban J connectivity index is 2.42. The Bertz CT molecular complexity index is 432. The molecule has 3 amide bonds. The number of likely N-dealkylation sites (tertiary alicyclic amines) is 1. The van der Waals surface area contributed by atoms with Gasteiger partial charge in [0.25, 0.3) is 0 Å². The SMILES string of the molecule is CCOC(=O)N1CCC(N(CCNC(=O)CC(C)C)C(C)=O)CC1. The van der Waals surface area contributed by atoms with Crippen LogP contribution in [0.2, 0.25) is 0 Å². The molecule has 7 nitrogen and oxygen atoms in total. The largest absolute Gasteiger partial charge is 0.450 e. The molecule has 0 bridgehead atoms. The van der Waals surface area contributed by atoms with Crippen LogP contribution in [0.5, 0.6) is 0 Å². The van der Waals surface area contributed by atoms with Crippen LogP contribution >= 0.6 is 0 Å². The fourth-order valence-corrected chi connectivity index (χ4v) is 2.93. The Hall–Kier alpha value is -1.79.